The highest BCUT2D eigenvalue weighted by Gasteiger charge is 2.31. The first-order valence-corrected chi connectivity index (χ1v) is 6.90. The summed E-state index contributed by atoms with van der Waals surface area (Å²) in [6, 6.07) is 0. The van der Waals surface area contributed by atoms with Crippen molar-refractivity contribution >= 4 is 7.85 Å². The highest BCUT2D eigenvalue weighted by Crippen LogP contribution is 2.30. The van der Waals surface area contributed by atoms with Crippen molar-refractivity contribution in [2.24, 2.45) is 0 Å². The van der Waals surface area contributed by atoms with E-state index in [4.69, 9.17) is 7.85 Å². The average Bonchev–Trinajstić information content (AvgIpc) is 2.44. The number of halogens is 5. The Morgan fingerprint density at radius 1 is 0.714 bits per heavy atom. The van der Waals surface area contributed by atoms with E-state index < -0.39 is 40.0 Å². The summed E-state index contributed by atoms with van der Waals surface area (Å²) >= 11 is 0. The third-order valence-electron chi connectivity index (χ3n) is 2.35. The van der Waals surface area contributed by atoms with Gasteiger partial charge >= 0.3 is 0 Å². The fourth-order valence-corrected chi connectivity index (χ4v) is 1.17. The molecular weight excluding hydrogens is 286 g/mol. The van der Waals surface area contributed by atoms with E-state index in [1.165, 1.54) is 12.8 Å². The predicted molar refractivity (Wildman–Crippen MR) is 76.9 cm³/mol. The zero-order valence-corrected chi connectivity index (χ0v) is 13.4. The molecule has 0 saturated carbocycles. The van der Waals surface area contributed by atoms with E-state index in [-0.39, 0.29) is 0 Å². The summed E-state index contributed by atoms with van der Waals surface area (Å²) < 4.78 is 64.2. The fraction of sp³-hybridized carbons (Fsp3) is 0.600. The van der Waals surface area contributed by atoms with E-state index in [0.29, 0.717) is 0 Å². The highest BCUT2D eigenvalue weighted by molar-refractivity contribution is 6.15. The molecule has 1 aromatic carbocycles. The molecule has 0 bridgehead atoms. The van der Waals surface area contributed by atoms with Crippen molar-refractivity contribution in [2.75, 3.05) is 0 Å². The van der Waals surface area contributed by atoms with Crippen molar-refractivity contribution in [3.05, 3.63) is 34.6 Å². The van der Waals surface area contributed by atoms with Crippen LogP contribution in [0.5, 0.6) is 0 Å². The lowest BCUT2D eigenvalue weighted by atomic mass is 9.67. The third kappa shape index (κ3) is 6.06. The molecule has 0 heterocycles. The molecule has 0 nitrogen and oxygen atoms in total. The van der Waals surface area contributed by atoms with Gasteiger partial charge in [0.25, 0.3) is 0 Å². The second kappa shape index (κ2) is 9.80. The molecule has 0 N–H and O–H groups in total. The predicted octanol–water partition coefficient (Wildman–Crippen LogP) is 5.62. The Hall–Kier alpha value is -1.07. The van der Waals surface area contributed by atoms with Gasteiger partial charge in [-0.3, -0.25) is 0 Å². The molecule has 0 aliphatic rings. The van der Waals surface area contributed by atoms with Crippen LogP contribution in [0.2, 0.25) is 0 Å². The van der Waals surface area contributed by atoms with E-state index in [1.807, 2.05) is 13.8 Å². The third-order valence-corrected chi connectivity index (χ3v) is 2.35. The Bertz CT molecular complexity index is 408. The molecule has 6 heteroatoms. The minimum absolute atomic E-state index is 1.01. The first-order chi connectivity index (χ1) is 9.59. The van der Waals surface area contributed by atoms with Crippen molar-refractivity contribution in [1.29, 1.82) is 0 Å². The monoisotopic (exact) mass is 308 g/mol. The maximum absolute atomic E-state index is 13.1. The molecular formula is C15H22BF5. The maximum Gasteiger partial charge on any atom is 0.200 e. The van der Waals surface area contributed by atoms with Crippen molar-refractivity contribution < 1.29 is 22.0 Å². The van der Waals surface area contributed by atoms with E-state index >= 15 is 0 Å². The van der Waals surface area contributed by atoms with E-state index in [2.05, 4.69) is 13.8 Å². The van der Waals surface area contributed by atoms with Crippen LogP contribution in [0.3, 0.4) is 0 Å². The fourth-order valence-electron chi connectivity index (χ4n) is 1.17. The largest absolute Gasteiger partial charge is 0.203 e. The molecule has 0 fully saturated rings. The van der Waals surface area contributed by atoms with E-state index in [0.717, 1.165) is 13.8 Å². The second-order valence-corrected chi connectivity index (χ2v) is 4.67. The van der Waals surface area contributed by atoms with Crippen molar-refractivity contribution in [3.8, 4) is 0 Å². The van der Waals surface area contributed by atoms with E-state index in [9.17, 15) is 22.0 Å². The van der Waals surface area contributed by atoms with Crippen LogP contribution < -0.4 is 0 Å². The molecule has 0 atom stereocenters. The minimum atomic E-state index is -2.18. The summed E-state index contributed by atoms with van der Waals surface area (Å²) in [6.07, 6.45) is 2.64. The highest BCUT2D eigenvalue weighted by atomic mass is 19.2. The van der Waals surface area contributed by atoms with Gasteiger partial charge in [0.2, 0.25) is 5.82 Å². The van der Waals surface area contributed by atoms with Crippen LogP contribution in [0.25, 0.3) is 0 Å². The van der Waals surface area contributed by atoms with Crippen LogP contribution in [0.4, 0.5) is 22.0 Å². The van der Waals surface area contributed by atoms with Crippen LogP contribution in [0, 0.1) is 29.1 Å². The van der Waals surface area contributed by atoms with Crippen LogP contribution >= 0.6 is 0 Å². The van der Waals surface area contributed by atoms with Gasteiger partial charge in [-0.15, -0.1) is 0 Å². The lowest BCUT2D eigenvalue weighted by molar-refractivity contribution is 0.363. The Kier molecular flexibility index (Phi) is 10.4. The molecule has 0 spiro atoms. The van der Waals surface area contributed by atoms with Crippen molar-refractivity contribution in [2.45, 2.75) is 59.7 Å². The first-order valence-electron chi connectivity index (χ1n) is 6.90. The lowest BCUT2D eigenvalue weighted by Gasteiger charge is -2.21. The normalized spacial score (nSPS) is 10.2. The van der Waals surface area contributed by atoms with Crippen LogP contribution in [-0.4, -0.2) is 7.85 Å². The molecule has 0 amide bonds. The molecule has 120 valence electrons. The van der Waals surface area contributed by atoms with Crippen molar-refractivity contribution in [1.82, 2.24) is 0 Å². The smallest absolute Gasteiger partial charge is 0.200 e. The van der Waals surface area contributed by atoms with Crippen LogP contribution in [0.1, 0.15) is 59.9 Å². The number of benzene rings is 1. The Balaban J connectivity index is 0. The summed E-state index contributed by atoms with van der Waals surface area (Å²) in [4.78, 5) is 0. The molecule has 0 unspecified atom stereocenters. The zero-order chi connectivity index (χ0) is 17.4. The molecule has 1 rings (SSSR count). The standard InChI is InChI=1S/C9H6BF5.C4H10.C2H6/c1-9(2,10)3-4(11)6(13)8(15)7(14)5(3)12;1-3-4-2;1-2/h1-2H3;3-4H2,1-2H3;1-2H3. The Labute approximate surface area is 125 Å². The summed E-state index contributed by atoms with van der Waals surface area (Å²) in [6.45, 7) is 10.6. The molecule has 0 aliphatic heterocycles. The summed E-state index contributed by atoms with van der Waals surface area (Å²) in [7, 11) is 5.31. The average molecular weight is 308 g/mol. The van der Waals surface area contributed by atoms with Gasteiger partial charge in [0.15, 0.2) is 23.3 Å². The topological polar surface area (TPSA) is 0 Å². The minimum Gasteiger partial charge on any atom is -0.203 e. The van der Waals surface area contributed by atoms with Gasteiger partial charge in [0, 0.05) is 5.56 Å². The Morgan fingerprint density at radius 3 is 1.14 bits per heavy atom. The van der Waals surface area contributed by atoms with Gasteiger partial charge in [-0.2, -0.15) is 0 Å². The number of hydrogen-bond acceptors (Lipinski definition) is 0. The van der Waals surface area contributed by atoms with Gasteiger partial charge in [0.1, 0.15) is 0 Å². The summed E-state index contributed by atoms with van der Waals surface area (Å²) in [5.41, 5.74) is -1.01. The Morgan fingerprint density at radius 2 is 0.952 bits per heavy atom. The zero-order valence-electron chi connectivity index (χ0n) is 13.4. The van der Waals surface area contributed by atoms with E-state index in [1.54, 1.807) is 0 Å². The summed E-state index contributed by atoms with van der Waals surface area (Å²) in [5.74, 6) is -9.93. The van der Waals surface area contributed by atoms with Gasteiger partial charge in [-0.25, -0.2) is 22.0 Å². The van der Waals surface area contributed by atoms with Gasteiger partial charge in [0.05, 0.1) is 7.85 Å². The maximum atomic E-state index is 13.1. The molecule has 0 saturated heterocycles. The quantitative estimate of drug-likeness (QED) is 0.288. The van der Waals surface area contributed by atoms with Crippen LogP contribution in [0.15, 0.2) is 0 Å². The van der Waals surface area contributed by atoms with Gasteiger partial charge in [-0.1, -0.05) is 54.4 Å². The number of hydrogen-bond donors (Lipinski definition) is 0. The number of rotatable bonds is 2. The second-order valence-electron chi connectivity index (χ2n) is 4.67. The molecule has 21 heavy (non-hydrogen) atoms. The van der Waals surface area contributed by atoms with Crippen LogP contribution in [-0.2, 0) is 5.31 Å². The molecule has 0 aromatic heterocycles. The van der Waals surface area contributed by atoms with Crippen molar-refractivity contribution in [3.63, 3.8) is 0 Å². The summed E-state index contributed by atoms with van der Waals surface area (Å²) in [5, 5.41) is -1.65. The van der Waals surface area contributed by atoms with Gasteiger partial charge < -0.3 is 0 Å². The molecule has 0 aliphatic carbocycles. The number of unbranched alkanes of at least 4 members (excludes halogenated alkanes) is 1. The lowest BCUT2D eigenvalue weighted by Crippen LogP contribution is -2.23. The first kappa shape index (κ1) is 22.2. The molecule has 2 radical (unpaired) electrons. The SMILES string of the molecule is CC.CCCC.[B]C(C)(C)c1c(F)c(F)c(F)c(F)c1F. The molecule has 1 aromatic rings. The van der Waals surface area contributed by atoms with Gasteiger partial charge in [-0.05, 0) is 5.31 Å².